The molecule has 6 heteroatoms. The zero-order valence-corrected chi connectivity index (χ0v) is 10.9. The minimum atomic E-state index is 0.0476. The van der Waals surface area contributed by atoms with Gasteiger partial charge in [0.15, 0.2) is 0 Å². The summed E-state index contributed by atoms with van der Waals surface area (Å²) in [4.78, 5) is 8.87. The third kappa shape index (κ3) is 2.65. The van der Waals surface area contributed by atoms with E-state index in [1.807, 2.05) is 19.2 Å². The fraction of sp³-hybridized carbons (Fsp3) is 0.400. The Morgan fingerprint density at radius 3 is 2.44 bits per heavy atom. The van der Waals surface area contributed by atoms with Crippen LogP contribution in [-0.4, -0.2) is 9.97 Å². The zero-order valence-electron chi connectivity index (χ0n) is 9.23. The Bertz CT molecular complexity index is 463. The van der Waals surface area contributed by atoms with E-state index in [-0.39, 0.29) is 6.04 Å². The summed E-state index contributed by atoms with van der Waals surface area (Å²) >= 11 is 3.30. The smallest absolute Gasteiger partial charge is 0.0898 e. The SMILES string of the molecule is Cc1nc(CC(NN)c2csc(C)n2)cs1. The van der Waals surface area contributed by atoms with Gasteiger partial charge in [-0.2, -0.15) is 0 Å². The number of thiazole rings is 2. The van der Waals surface area contributed by atoms with Gasteiger partial charge in [0.1, 0.15) is 0 Å². The van der Waals surface area contributed by atoms with E-state index >= 15 is 0 Å². The molecule has 16 heavy (non-hydrogen) atoms. The number of aryl methyl sites for hydroxylation is 2. The fourth-order valence-electron chi connectivity index (χ4n) is 1.50. The van der Waals surface area contributed by atoms with Crippen LogP contribution in [0.1, 0.15) is 27.4 Å². The number of hydrogen-bond acceptors (Lipinski definition) is 6. The molecule has 0 aliphatic heterocycles. The summed E-state index contributed by atoms with van der Waals surface area (Å²) < 4.78 is 0. The Hall–Kier alpha value is -0.820. The first-order valence-electron chi connectivity index (χ1n) is 4.98. The summed E-state index contributed by atoms with van der Waals surface area (Å²) in [6.07, 6.45) is 0.782. The van der Waals surface area contributed by atoms with E-state index in [1.165, 1.54) is 0 Å². The van der Waals surface area contributed by atoms with Gasteiger partial charge >= 0.3 is 0 Å². The van der Waals surface area contributed by atoms with Crippen molar-refractivity contribution >= 4 is 22.7 Å². The lowest BCUT2D eigenvalue weighted by Crippen LogP contribution is -2.29. The van der Waals surface area contributed by atoms with Crippen molar-refractivity contribution in [1.82, 2.24) is 15.4 Å². The fourth-order valence-corrected chi connectivity index (χ4v) is 2.79. The summed E-state index contributed by atoms with van der Waals surface area (Å²) in [6, 6.07) is 0.0476. The summed E-state index contributed by atoms with van der Waals surface area (Å²) in [5.41, 5.74) is 4.86. The minimum Gasteiger partial charge on any atom is -0.271 e. The topological polar surface area (TPSA) is 63.8 Å². The van der Waals surface area contributed by atoms with Gasteiger partial charge in [-0.05, 0) is 13.8 Å². The predicted molar refractivity (Wildman–Crippen MR) is 67.5 cm³/mol. The number of aromatic nitrogens is 2. The van der Waals surface area contributed by atoms with E-state index < -0.39 is 0 Å². The molecule has 3 N–H and O–H groups in total. The molecule has 0 amide bonds. The Balaban J connectivity index is 2.12. The molecule has 0 saturated heterocycles. The van der Waals surface area contributed by atoms with Crippen molar-refractivity contribution in [2.45, 2.75) is 26.3 Å². The molecule has 1 unspecified atom stereocenters. The molecule has 86 valence electrons. The van der Waals surface area contributed by atoms with Crippen molar-refractivity contribution in [3.05, 3.63) is 32.2 Å². The predicted octanol–water partition coefficient (Wildman–Crippen LogP) is 1.96. The third-order valence-electron chi connectivity index (χ3n) is 2.27. The van der Waals surface area contributed by atoms with Crippen LogP contribution in [0.15, 0.2) is 10.8 Å². The van der Waals surface area contributed by atoms with Gasteiger partial charge in [0.05, 0.1) is 27.4 Å². The molecule has 2 aromatic rings. The number of nitrogens with two attached hydrogens (primary N) is 1. The average Bonchev–Trinajstić information content (AvgIpc) is 2.84. The first-order valence-corrected chi connectivity index (χ1v) is 6.74. The molecule has 0 spiro atoms. The number of nitrogens with one attached hydrogen (secondary N) is 1. The summed E-state index contributed by atoms with van der Waals surface area (Å²) in [6.45, 7) is 4.00. The van der Waals surface area contributed by atoms with Crippen LogP contribution in [0.25, 0.3) is 0 Å². The lowest BCUT2D eigenvalue weighted by atomic mass is 10.1. The van der Waals surface area contributed by atoms with Crippen molar-refractivity contribution in [2.24, 2.45) is 5.84 Å². The molecule has 0 aromatic carbocycles. The van der Waals surface area contributed by atoms with Gasteiger partial charge in [-0.3, -0.25) is 11.3 Å². The molecule has 0 radical (unpaired) electrons. The van der Waals surface area contributed by atoms with Crippen LogP contribution in [-0.2, 0) is 6.42 Å². The normalized spacial score (nSPS) is 12.9. The minimum absolute atomic E-state index is 0.0476. The maximum Gasteiger partial charge on any atom is 0.0898 e. The van der Waals surface area contributed by atoms with Gasteiger partial charge in [-0.15, -0.1) is 22.7 Å². The number of hydrogen-bond donors (Lipinski definition) is 2. The lowest BCUT2D eigenvalue weighted by molar-refractivity contribution is 0.535. The van der Waals surface area contributed by atoms with Crippen LogP contribution < -0.4 is 11.3 Å². The van der Waals surface area contributed by atoms with Crippen LogP contribution >= 0.6 is 22.7 Å². The number of hydrazine groups is 1. The van der Waals surface area contributed by atoms with Gasteiger partial charge in [-0.1, -0.05) is 0 Å². The van der Waals surface area contributed by atoms with E-state index in [9.17, 15) is 0 Å². The highest BCUT2D eigenvalue weighted by Crippen LogP contribution is 2.20. The first-order chi connectivity index (χ1) is 7.69. The van der Waals surface area contributed by atoms with E-state index in [0.717, 1.165) is 27.8 Å². The molecule has 1 atom stereocenters. The second-order valence-electron chi connectivity index (χ2n) is 3.57. The van der Waals surface area contributed by atoms with Crippen molar-refractivity contribution < 1.29 is 0 Å². The quantitative estimate of drug-likeness (QED) is 0.647. The highest BCUT2D eigenvalue weighted by atomic mass is 32.1. The second-order valence-corrected chi connectivity index (χ2v) is 5.70. The van der Waals surface area contributed by atoms with Gasteiger partial charge in [0, 0.05) is 17.2 Å². The molecule has 0 bridgehead atoms. The van der Waals surface area contributed by atoms with Gasteiger partial charge in [0.25, 0.3) is 0 Å². The molecule has 4 nitrogen and oxygen atoms in total. The standard InChI is InChI=1S/C10H14N4S2/c1-6-12-8(4-15-6)3-9(14-11)10-5-16-7(2)13-10/h4-5,9,14H,3,11H2,1-2H3. The summed E-state index contributed by atoms with van der Waals surface area (Å²) in [5.74, 6) is 5.56. The van der Waals surface area contributed by atoms with Gasteiger partial charge in [-0.25, -0.2) is 9.97 Å². The largest absolute Gasteiger partial charge is 0.271 e. The Kier molecular flexibility index (Phi) is 3.65. The van der Waals surface area contributed by atoms with Gasteiger partial charge < -0.3 is 0 Å². The molecule has 0 aliphatic carbocycles. The van der Waals surface area contributed by atoms with Crippen molar-refractivity contribution in [3.63, 3.8) is 0 Å². The third-order valence-corrected chi connectivity index (χ3v) is 3.89. The Morgan fingerprint density at radius 2 is 1.94 bits per heavy atom. The first kappa shape index (κ1) is 11.7. The highest BCUT2D eigenvalue weighted by Gasteiger charge is 2.14. The van der Waals surface area contributed by atoms with E-state index in [1.54, 1.807) is 22.7 Å². The second kappa shape index (κ2) is 5.01. The highest BCUT2D eigenvalue weighted by molar-refractivity contribution is 7.09. The summed E-state index contributed by atoms with van der Waals surface area (Å²) in [7, 11) is 0. The number of nitrogens with zero attached hydrogens (tertiary/aromatic N) is 2. The Labute approximate surface area is 103 Å². The van der Waals surface area contributed by atoms with Crippen LogP contribution in [0, 0.1) is 13.8 Å². The molecule has 2 rings (SSSR count). The molecule has 2 heterocycles. The maximum atomic E-state index is 5.56. The van der Waals surface area contributed by atoms with Crippen LogP contribution in [0.4, 0.5) is 0 Å². The van der Waals surface area contributed by atoms with Crippen LogP contribution in [0.2, 0.25) is 0 Å². The maximum absolute atomic E-state index is 5.56. The van der Waals surface area contributed by atoms with Crippen molar-refractivity contribution in [3.8, 4) is 0 Å². The number of rotatable bonds is 4. The van der Waals surface area contributed by atoms with E-state index in [4.69, 9.17) is 5.84 Å². The monoisotopic (exact) mass is 254 g/mol. The van der Waals surface area contributed by atoms with Crippen LogP contribution in [0.3, 0.4) is 0 Å². The van der Waals surface area contributed by atoms with E-state index in [0.29, 0.717) is 0 Å². The average molecular weight is 254 g/mol. The molecule has 0 fully saturated rings. The molecular formula is C10H14N4S2. The molecule has 0 saturated carbocycles. The van der Waals surface area contributed by atoms with Gasteiger partial charge in [0.2, 0.25) is 0 Å². The summed E-state index contributed by atoms with van der Waals surface area (Å²) in [5, 5.41) is 6.25. The zero-order chi connectivity index (χ0) is 11.5. The Morgan fingerprint density at radius 1 is 1.25 bits per heavy atom. The van der Waals surface area contributed by atoms with Crippen LogP contribution in [0.5, 0.6) is 0 Å². The molecular weight excluding hydrogens is 240 g/mol. The molecule has 2 aromatic heterocycles. The van der Waals surface area contributed by atoms with Crippen molar-refractivity contribution in [2.75, 3.05) is 0 Å². The van der Waals surface area contributed by atoms with Crippen molar-refractivity contribution in [1.29, 1.82) is 0 Å². The molecule has 0 aliphatic rings. The van der Waals surface area contributed by atoms with E-state index in [2.05, 4.69) is 20.8 Å². The lowest BCUT2D eigenvalue weighted by Gasteiger charge is -2.11.